The van der Waals surface area contributed by atoms with Crippen molar-refractivity contribution >= 4 is 68.9 Å². The topological polar surface area (TPSA) is 161 Å². The van der Waals surface area contributed by atoms with Gasteiger partial charge in [0.1, 0.15) is 0 Å². The first-order chi connectivity index (χ1) is 0. The van der Waals surface area contributed by atoms with E-state index in [0.29, 0.717) is 0 Å². The summed E-state index contributed by atoms with van der Waals surface area (Å²) < 4.78 is 0. The van der Waals surface area contributed by atoms with E-state index in [1.165, 1.54) is 0 Å². The summed E-state index contributed by atoms with van der Waals surface area (Å²) in [5, 5.41) is 0. The van der Waals surface area contributed by atoms with Crippen LogP contribution in [0.5, 0.6) is 0 Å². The van der Waals surface area contributed by atoms with Gasteiger partial charge in [0.05, 0.1) is 0 Å². The average molecular weight is 223 g/mol. The van der Waals surface area contributed by atoms with Crippen LogP contribution in [0.2, 0.25) is 0 Å². The molecule has 11 N–H and O–H groups in total. The SMILES string of the molecule is N.O.O.O.O.[CsH]. The molecule has 0 bridgehead atoms. The van der Waals surface area contributed by atoms with Crippen molar-refractivity contribution in [2.75, 3.05) is 0 Å². The summed E-state index contributed by atoms with van der Waals surface area (Å²) in [7, 11) is 0. The molecule has 0 atom stereocenters. The summed E-state index contributed by atoms with van der Waals surface area (Å²) in [4.78, 5) is 0. The molecule has 0 spiro atoms. The predicted molar refractivity (Wildman–Crippen MR) is 26.6 cm³/mol. The molecular weight excluding hydrogens is 211 g/mol. The molecule has 6 heteroatoms. The Labute approximate surface area is 94.7 Å². The second-order valence-electron chi connectivity index (χ2n) is 0. The Balaban J connectivity index is 0. The van der Waals surface area contributed by atoms with Gasteiger partial charge in [0.2, 0.25) is 0 Å². The van der Waals surface area contributed by atoms with Gasteiger partial charge >= 0.3 is 68.9 Å². The fraction of sp³-hybridized carbons (Fsp3) is 0. The molecule has 0 heterocycles. The molecule has 42 valence electrons. The molecule has 0 saturated carbocycles. The van der Waals surface area contributed by atoms with Gasteiger partial charge < -0.3 is 28.1 Å². The van der Waals surface area contributed by atoms with Gasteiger partial charge in [0, 0.05) is 0 Å². The van der Waals surface area contributed by atoms with Crippen LogP contribution in [0.3, 0.4) is 0 Å². The van der Waals surface area contributed by atoms with Crippen molar-refractivity contribution in [1.82, 2.24) is 6.15 Å². The minimum atomic E-state index is 0. The summed E-state index contributed by atoms with van der Waals surface area (Å²) in [5.74, 6) is 0. The van der Waals surface area contributed by atoms with Crippen LogP contribution in [0.25, 0.3) is 0 Å². The van der Waals surface area contributed by atoms with Gasteiger partial charge in [-0.15, -0.1) is 0 Å². The van der Waals surface area contributed by atoms with Crippen LogP contribution in [0, 0.1) is 0 Å². The van der Waals surface area contributed by atoms with Gasteiger partial charge in [0.15, 0.2) is 0 Å². The van der Waals surface area contributed by atoms with Gasteiger partial charge in [-0.25, -0.2) is 0 Å². The van der Waals surface area contributed by atoms with Crippen LogP contribution >= 0.6 is 0 Å². The van der Waals surface area contributed by atoms with E-state index >= 15 is 0 Å². The average Bonchev–Trinajstić information content (AvgIpc) is 0. The third-order valence-electron chi connectivity index (χ3n) is 0. The summed E-state index contributed by atoms with van der Waals surface area (Å²) in [6.07, 6.45) is 0. The van der Waals surface area contributed by atoms with Crippen molar-refractivity contribution < 1.29 is 21.9 Å². The van der Waals surface area contributed by atoms with Crippen LogP contribution in [-0.2, 0) is 0 Å². The molecule has 0 aliphatic rings. The Morgan fingerprint density at radius 3 is 0.500 bits per heavy atom. The molecule has 5 nitrogen and oxygen atoms in total. The molecule has 0 unspecified atom stereocenters. The van der Waals surface area contributed by atoms with E-state index in [1.54, 1.807) is 0 Å². The van der Waals surface area contributed by atoms with E-state index in [4.69, 9.17) is 0 Å². The van der Waals surface area contributed by atoms with Gasteiger partial charge in [0.25, 0.3) is 0 Å². The Bertz CT molecular complexity index is 7.51. The maximum atomic E-state index is 0. The van der Waals surface area contributed by atoms with Crippen LogP contribution in [0.4, 0.5) is 0 Å². The number of hydrogen-bond donors (Lipinski definition) is 1. The standard InChI is InChI=1S/Cs.H3N.4H2O.H/h;1H3;4*1H2;. The molecule has 0 aromatic heterocycles. The molecule has 0 rings (SSSR count). The predicted octanol–water partition coefficient (Wildman–Crippen LogP) is -3.79. The summed E-state index contributed by atoms with van der Waals surface area (Å²) in [6.45, 7) is 0. The first kappa shape index (κ1) is 107. The van der Waals surface area contributed by atoms with Crippen molar-refractivity contribution in [3.8, 4) is 0 Å². The maximum absolute atomic E-state index is 0. The zero-order valence-corrected chi connectivity index (χ0v) is 2.71. The Kier molecular flexibility index (Phi) is 1230. The normalized spacial score (nSPS) is 0. The van der Waals surface area contributed by atoms with Crippen LogP contribution < -0.4 is 6.15 Å². The van der Waals surface area contributed by atoms with Gasteiger partial charge in [-0.2, -0.15) is 0 Å². The molecule has 0 saturated heterocycles. The molecule has 0 radical (unpaired) electrons. The van der Waals surface area contributed by atoms with Crippen molar-refractivity contribution in [3.63, 3.8) is 0 Å². The number of rotatable bonds is 0. The third kappa shape index (κ3) is 40.2. The zero-order chi connectivity index (χ0) is 0. The van der Waals surface area contributed by atoms with Gasteiger partial charge in [-0.05, 0) is 0 Å². The van der Waals surface area contributed by atoms with Crippen LogP contribution in [0.15, 0.2) is 0 Å². The Morgan fingerprint density at radius 1 is 0.500 bits per heavy atom. The molecule has 6 heavy (non-hydrogen) atoms. The van der Waals surface area contributed by atoms with E-state index in [-0.39, 0.29) is 96.9 Å². The van der Waals surface area contributed by atoms with E-state index in [2.05, 4.69) is 0 Å². The summed E-state index contributed by atoms with van der Waals surface area (Å²) in [5.41, 5.74) is 0. The fourth-order valence-corrected chi connectivity index (χ4v) is 0. The second kappa shape index (κ2) is 68.4. The molecule has 0 amide bonds. The van der Waals surface area contributed by atoms with Crippen molar-refractivity contribution in [1.29, 1.82) is 0 Å². The molecule has 0 aliphatic heterocycles. The van der Waals surface area contributed by atoms with E-state index in [0.717, 1.165) is 0 Å². The monoisotopic (exact) mass is 223 g/mol. The third-order valence-corrected chi connectivity index (χ3v) is 0. The van der Waals surface area contributed by atoms with E-state index in [1.807, 2.05) is 0 Å². The summed E-state index contributed by atoms with van der Waals surface area (Å²) >= 11 is 0. The van der Waals surface area contributed by atoms with Crippen LogP contribution in [0.1, 0.15) is 0 Å². The molecule has 0 aliphatic carbocycles. The molecule has 0 fully saturated rings. The number of hydrogen-bond acceptors (Lipinski definition) is 1. The summed E-state index contributed by atoms with van der Waals surface area (Å²) in [6, 6.07) is 0. The van der Waals surface area contributed by atoms with Gasteiger partial charge in [-0.3, -0.25) is 0 Å². The molecule has 0 aromatic rings. The first-order valence-corrected chi connectivity index (χ1v) is 0. The van der Waals surface area contributed by atoms with Crippen molar-refractivity contribution in [3.05, 3.63) is 0 Å². The first-order valence-electron chi connectivity index (χ1n) is 0. The van der Waals surface area contributed by atoms with E-state index in [9.17, 15) is 0 Å². The minimum absolute atomic E-state index is 0. The fourth-order valence-electron chi connectivity index (χ4n) is 0. The quantitative estimate of drug-likeness (QED) is 0.438. The Hall–Kier alpha value is 1.85. The zero-order valence-electron chi connectivity index (χ0n) is 2.71. The van der Waals surface area contributed by atoms with Crippen LogP contribution in [-0.4, -0.2) is 90.8 Å². The molecular formula is H12CsNO4. The van der Waals surface area contributed by atoms with Gasteiger partial charge in [-0.1, -0.05) is 0 Å². The van der Waals surface area contributed by atoms with Crippen molar-refractivity contribution in [2.45, 2.75) is 0 Å². The molecule has 0 aromatic carbocycles. The van der Waals surface area contributed by atoms with E-state index < -0.39 is 0 Å². The Morgan fingerprint density at radius 2 is 0.500 bits per heavy atom. The van der Waals surface area contributed by atoms with Crippen molar-refractivity contribution in [2.24, 2.45) is 0 Å². The second-order valence-corrected chi connectivity index (χ2v) is 0.